The fourth-order valence-electron chi connectivity index (χ4n) is 8.34. The largest absolute Gasteiger partial charge is 0.466 e. The summed E-state index contributed by atoms with van der Waals surface area (Å²) in [7, 11) is 0. The summed E-state index contributed by atoms with van der Waals surface area (Å²) in [4.78, 5) is 24.4. The summed E-state index contributed by atoms with van der Waals surface area (Å²) in [5, 5.41) is 23.2. The molecule has 6 heteroatoms. The number of carbonyl (C=O) groups is 2. The third kappa shape index (κ3) is 47.7. The third-order valence-corrected chi connectivity index (χ3v) is 12.5. The lowest BCUT2D eigenvalue weighted by molar-refractivity contribution is -0.143. The number of aliphatic hydroxyl groups is 2. The zero-order valence-corrected chi connectivity index (χ0v) is 40.9. The van der Waals surface area contributed by atoms with Gasteiger partial charge in [0.25, 0.3) is 0 Å². The number of ether oxygens (including phenoxy) is 1. The normalized spacial score (nSPS) is 12.8. The molecule has 0 aliphatic carbocycles. The van der Waals surface area contributed by atoms with E-state index in [1.807, 2.05) is 0 Å². The number of hydrogen-bond acceptors (Lipinski definition) is 5. The number of aliphatic hydroxyl groups excluding tert-OH is 2. The molecule has 360 valence electrons. The maximum atomic E-state index is 12.4. The minimum Gasteiger partial charge on any atom is -0.466 e. The van der Waals surface area contributed by atoms with Crippen LogP contribution < -0.4 is 5.32 Å². The Bertz CT molecular complexity index is 951. The van der Waals surface area contributed by atoms with Crippen molar-refractivity contribution in [3.8, 4) is 0 Å². The summed E-state index contributed by atoms with van der Waals surface area (Å²) in [6, 6.07) is -0.548. The third-order valence-electron chi connectivity index (χ3n) is 12.5. The number of unbranched alkanes of at least 4 members (excludes halogenated alkanes) is 36. The number of hydrogen-bond donors (Lipinski definition) is 3. The van der Waals surface area contributed by atoms with Crippen LogP contribution in [0.2, 0.25) is 0 Å². The first-order chi connectivity index (χ1) is 30.0. The van der Waals surface area contributed by atoms with Crippen LogP contribution in [0.3, 0.4) is 0 Å². The van der Waals surface area contributed by atoms with E-state index in [4.69, 9.17) is 4.74 Å². The molecule has 0 aromatic rings. The first kappa shape index (κ1) is 59.3. The maximum absolute atomic E-state index is 12.4. The van der Waals surface area contributed by atoms with E-state index in [2.05, 4.69) is 43.5 Å². The Hall–Kier alpha value is -1.66. The molecule has 2 unspecified atom stereocenters. The molecule has 0 aromatic heterocycles. The van der Waals surface area contributed by atoms with Gasteiger partial charge in [0.1, 0.15) is 0 Å². The fourth-order valence-corrected chi connectivity index (χ4v) is 8.34. The molecule has 0 fully saturated rings. The van der Waals surface area contributed by atoms with E-state index in [0.717, 1.165) is 70.6 Å². The average molecular weight is 860 g/mol. The smallest absolute Gasteiger partial charge is 0.305 e. The minimum absolute atomic E-state index is 0.0137. The molecule has 0 spiro atoms. The zero-order valence-electron chi connectivity index (χ0n) is 40.9. The molecule has 0 aliphatic rings. The molecule has 6 nitrogen and oxygen atoms in total. The Balaban J connectivity index is 3.48. The van der Waals surface area contributed by atoms with Gasteiger partial charge in [0.2, 0.25) is 5.91 Å². The topological polar surface area (TPSA) is 95.9 Å². The quantitative estimate of drug-likeness (QED) is 0.0322. The van der Waals surface area contributed by atoms with Crippen molar-refractivity contribution in [1.82, 2.24) is 5.32 Å². The lowest BCUT2D eigenvalue weighted by atomic mass is 10.0. The molecule has 1 amide bonds. The van der Waals surface area contributed by atoms with Gasteiger partial charge in [-0.15, -0.1) is 0 Å². The Kier molecular flexibility index (Phi) is 49.6. The predicted molar refractivity (Wildman–Crippen MR) is 264 cm³/mol. The molecule has 3 N–H and O–H groups in total. The molecule has 2 atom stereocenters. The van der Waals surface area contributed by atoms with Gasteiger partial charge >= 0.3 is 5.97 Å². The summed E-state index contributed by atoms with van der Waals surface area (Å²) in [6.07, 6.45) is 60.1. The van der Waals surface area contributed by atoms with E-state index >= 15 is 0 Å². The molecule has 0 heterocycles. The summed E-state index contributed by atoms with van der Waals surface area (Å²) < 4.78 is 5.43. The van der Waals surface area contributed by atoms with Crippen molar-refractivity contribution >= 4 is 11.9 Å². The minimum atomic E-state index is -0.670. The molecule has 0 aromatic carbocycles. The molecular formula is C55H105NO5. The van der Waals surface area contributed by atoms with Crippen LogP contribution in [0, 0.1) is 0 Å². The van der Waals surface area contributed by atoms with Gasteiger partial charge in [-0.25, -0.2) is 0 Å². The second-order valence-electron chi connectivity index (χ2n) is 18.6. The van der Waals surface area contributed by atoms with Gasteiger partial charge in [-0.1, -0.05) is 244 Å². The highest BCUT2D eigenvalue weighted by Gasteiger charge is 2.20. The zero-order chi connectivity index (χ0) is 44.4. The Morgan fingerprint density at radius 2 is 0.803 bits per heavy atom. The van der Waals surface area contributed by atoms with Gasteiger partial charge in [-0.05, 0) is 57.8 Å². The van der Waals surface area contributed by atoms with Crippen molar-refractivity contribution in [2.45, 2.75) is 302 Å². The summed E-state index contributed by atoms with van der Waals surface area (Å²) in [5.74, 6) is -0.0580. The number of amides is 1. The standard InChI is InChI=1S/C55H105NO5/c1-3-5-7-9-11-13-15-16-24-28-31-35-39-43-47-53(58)52(51-57)56-54(59)48-44-40-36-32-29-25-22-20-18-17-19-21-23-26-30-34-38-42-46-50-61-55(60)49-45-41-37-33-27-14-12-10-8-6-4-2/h21,23,26,30,52-53,57-58H,3-20,22,24-25,27-29,31-51H2,1-2H3,(H,56,59)/b23-21-,30-26-. The first-order valence-electron chi connectivity index (χ1n) is 27.1. The molecule has 0 saturated heterocycles. The number of nitrogens with one attached hydrogen (secondary N) is 1. The van der Waals surface area contributed by atoms with E-state index in [1.54, 1.807) is 0 Å². The Morgan fingerprint density at radius 1 is 0.459 bits per heavy atom. The molecule has 0 radical (unpaired) electrons. The van der Waals surface area contributed by atoms with Crippen LogP contribution in [0.5, 0.6) is 0 Å². The van der Waals surface area contributed by atoms with Gasteiger partial charge in [0, 0.05) is 12.8 Å². The second-order valence-corrected chi connectivity index (χ2v) is 18.6. The highest BCUT2D eigenvalue weighted by molar-refractivity contribution is 5.76. The van der Waals surface area contributed by atoms with Gasteiger partial charge in [0.15, 0.2) is 0 Å². The predicted octanol–water partition coefficient (Wildman–Crippen LogP) is 16.3. The van der Waals surface area contributed by atoms with Gasteiger partial charge < -0.3 is 20.3 Å². The molecule has 0 saturated carbocycles. The van der Waals surface area contributed by atoms with Crippen molar-refractivity contribution < 1.29 is 24.5 Å². The van der Waals surface area contributed by atoms with E-state index in [-0.39, 0.29) is 18.5 Å². The summed E-state index contributed by atoms with van der Waals surface area (Å²) >= 11 is 0. The Morgan fingerprint density at radius 3 is 1.21 bits per heavy atom. The SMILES string of the molecule is CCCCCCCCCCCCCCCCC(O)C(CO)NC(=O)CCCCCCCCCCCC/C=C\C=C/CCCCCOC(=O)CCCCCCCCCCCCC. The highest BCUT2D eigenvalue weighted by Crippen LogP contribution is 2.17. The molecule has 0 rings (SSSR count). The summed E-state index contributed by atoms with van der Waals surface area (Å²) in [6.45, 7) is 4.91. The second kappa shape index (κ2) is 51.0. The van der Waals surface area contributed by atoms with Crippen molar-refractivity contribution in [2.75, 3.05) is 13.2 Å². The van der Waals surface area contributed by atoms with Crippen LogP contribution in [0.1, 0.15) is 290 Å². The molecular weight excluding hydrogens is 755 g/mol. The number of esters is 1. The van der Waals surface area contributed by atoms with Crippen molar-refractivity contribution in [2.24, 2.45) is 0 Å². The number of rotatable bonds is 50. The van der Waals surface area contributed by atoms with Crippen LogP contribution in [0.15, 0.2) is 24.3 Å². The van der Waals surface area contributed by atoms with E-state index in [9.17, 15) is 19.8 Å². The number of allylic oxidation sites excluding steroid dienone is 4. The van der Waals surface area contributed by atoms with E-state index in [1.165, 1.54) is 186 Å². The first-order valence-corrected chi connectivity index (χ1v) is 27.1. The summed E-state index contributed by atoms with van der Waals surface area (Å²) in [5.41, 5.74) is 0. The maximum Gasteiger partial charge on any atom is 0.305 e. The van der Waals surface area contributed by atoms with Crippen molar-refractivity contribution in [3.63, 3.8) is 0 Å². The van der Waals surface area contributed by atoms with Crippen LogP contribution in [0.25, 0.3) is 0 Å². The van der Waals surface area contributed by atoms with E-state index in [0.29, 0.717) is 25.9 Å². The highest BCUT2D eigenvalue weighted by atomic mass is 16.5. The molecule has 0 bridgehead atoms. The van der Waals surface area contributed by atoms with Crippen LogP contribution >= 0.6 is 0 Å². The van der Waals surface area contributed by atoms with Crippen LogP contribution in [0.4, 0.5) is 0 Å². The van der Waals surface area contributed by atoms with Crippen LogP contribution in [-0.2, 0) is 14.3 Å². The Labute approximate surface area is 380 Å². The van der Waals surface area contributed by atoms with Gasteiger partial charge in [-0.3, -0.25) is 9.59 Å². The number of carbonyl (C=O) groups excluding carboxylic acids is 2. The molecule has 61 heavy (non-hydrogen) atoms. The lowest BCUT2D eigenvalue weighted by Crippen LogP contribution is -2.45. The fraction of sp³-hybridized carbons (Fsp3) is 0.891. The lowest BCUT2D eigenvalue weighted by Gasteiger charge is -2.22. The van der Waals surface area contributed by atoms with Gasteiger partial charge in [-0.2, -0.15) is 0 Å². The van der Waals surface area contributed by atoms with Gasteiger partial charge in [0.05, 0.1) is 25.4 Å². The average Bonchev–Trinajstić information content (AvgIpc) is 3.26. The van der Waals surface area contributed by atoms with E-state index < -0.39 is 12.1 Å². The monoisotopic (exact) mass is 860 g/mol. The van der Waals surface area contributed by atoms with Crippen molar-refractivity contribution in [1.29, 1.82) is 0 Å². The van der Waals surface area contributed by atoms with Crippen molar-refractivity contribution in [3.05, 3.63) is 24.3 Å². The van der Waals surface area contributed by atoms with Crippen LogP contribution in [-0.4, -0.2) is 47.4 Å². The molecule has 0 aliphatic heterocycles.